The van der Waals surface area contributed by atoms with Crippen LogP contribution >= 0.6 is 0 Å². The zero-order valence-corrected chi connectivity index (χ0v) is 12.9. The van der Waals surface area contributed by atoms with Crippen LogP contribution in [0.4, 0.5) is 11.4 Å². The Morgan fingerprint density at radius 2 is 2.09 bits per heavy atom. The molecule has 7 heteroatoms. The molecule has 7 nitrogen and oxygen atoms in total. The average molecular weight is 309 g/mol. The Bertz CT molecular complexity index is 507. The molecule has 0 aliphatic carbocycles. The fourth-order valence-corrected chi connectivity index (χ4v) is 1.87. The van der Waals surface area contributed by atoms with Gasteiger partial charge < -0.3 is 15.7 Å². The molecule has 22 heavy (non-hydrogen) atoms. The molecule has 2 atom stereocenters. The fraction of sp³-hybridized carbons (Fsp3) is 0.533. The highest BCUT2D eigenvalue weighted by atomic mass is 16.6. The lowest BCUT2D eigenvalue weighted by Crippen LogP contribution is -2.36. The first kappa shape index (κ1) is 17.9. The summed E-state index contributed by atoms with van der Waals surface area (Å²) in [4.78, 5) is 22.1. The van der Waals surface area contributed by atoms with Crippen LogP contribution in [0.1, 0.15) is 26.7 Å². The van der Waals surface area contributed by atoms with Crippen LogP contribution in [0.5, 0.6) is 0 Å². The summed E-state index contributed by atoms with van der Waals surface area (Å²) in [5.41, 5.74) is 0.370. The molecule has 1 aromatic rings. The van der Waals surface area contributed by atoms with Gasteiger partial charge in [-0.25, -0.2) is 0 Å². The summed E-state index contributed by atoms with van der Waals surface area (Å²) in [5.74, 6) is -0.0705. The molecule has 2 unspecified atom stereocenters. The van der Waals surface area contributed by atoms with E-state index in [9.17, 15) is 20.0 Å². The van der Waals surface area contributed by atoms with Crippen LogP contribution in [-0.2, 0) is 4.79 Å². The zero-order valence-electron chi connectivity index (χ0n) is 12.9. The summed E-state index contributed by atoms with van der Waals surface area (Å²) < 4.78 is 0. The van der Waals surface area contributed by atoms with Gasteiger partial charge in [0.05, 0.1) is 11.0 Å². The summed E-state index contributed by atoms with van der Waals surface area (Å²) in [6.45, 7) is 4.41. The topological polar surface area (TPSA) is 104 Å². The van der Waals surface area contributed by atoms with Gasteiger partial charge in [0.25, 0.3) is 5.69 Å². The molecular formula is C15H23N3O4. The van der Waals surface area contributed by atoms with Crippen LogP contribution in [-0.4, -0.2) is 35.1 Å². The molecule has 1 aromatic carbocycles. The first-order chi connectivity index (χ1) is 10.5. The van der Waals surface area contributed by atoms with Crippen molar-refractivity contribution in [1.29, 1.82) is 0 Å². The molecule has 0 aliphatic heterocycles. The largest absolute Gasteiger partial charge is 0.391 e. The van der Waals surface area contributed by atoms with Gasteiger partial charge in [-0.2, -0.15) is 0 Å². The minimum absolute atomic E-state index is 0.0184. The number of rotatable bonds is 9. The van der Waals surface area contributed by atoms with Crippen molar-refractivity contribution in [3.8, 4) is 0 Å². The van der Waals surface area contributed by atoms with E-state index in [1.54, 1.807) is 18.2 Å². The van der Waals surface area contributed by atoms with E-state index in [2.05, 4.69) is 10.6 Å². The average Bonchev–Trinajstić information content (AvgIpc) is 2.52. The zero-order chi connectivity index (χ0) is 16.5. The number of nitrogens with one attached hydrogen (secondary N) is 2. The first-order valence-corrected chi connectivity index (χ1v) is 7.37. The first-order valence-electron chi connectivity index (χ1n) is 7.37. The summed E-state index contributed by atoms with van der Waals surface area (Å²) >= 11 is 0. The van der Waals surface area contributed by atoms with E-state index in [1.807, 2.05) is 13.8 Å². The molecular weight excluding hydrogens is 286 g/mol. The fourth-order valence-electron chi connectivity index (χ4n) is 1.87. The number of hydrogen-bond acceptors (Lipinski definition) is 5. The summed E-state index contributed by atoms with van der Waals surface area (Å²) in [7, 11) is 0. The van der Waals surface area contributed by atoms with Crippen molar-refractivity contribution in [2.24, 2.45) is 5.92 Å². The molecule has 0 fully saturated rings. The van der Waals surface area contributed by atoms with E-state index < -0.39 is 11.0 Å². The summed E-state index contributed by atoms with van der Waals surface area (Å²) in [6.07, 6.45) is 0.465. The normalized spacial score (nSPS) is 13.2. The molecule has 0 aromatic heterocycles. The van der Waals surface area contributed by atoms with Crippen LogP contribution in [0.15, 0.2) is 24.3 Å². The second-order valence-electron chi connectivity index (χ2n) is 5.21. The van der Waals surface area contributed by atoms with Gasteiger partial charge in [-0.3, -0.25) is 14.9 Å². The van der Waals surface area contributed by atoms with Gasteiger partial charge in [0.2, 0.25) is 5.91 Å². The van der Waals surface area contributed by atoms with Crippen LogP contribution in [0.2, 0.25) is 0 Å². The second-order valence-corrected chi connectivity index (χ2v) is 5.21. The number of aliphatic hydroxyl groups excluding tert-OH is 1. The maximum atomic E-state index is 11.7. The van der Waals surface area contributed by atoms with Crippen molar-refractivity contribution in [2.45, 2.75) is 32.8 Å². The Morgan fingerprint density at radius 1 is 1.41 bits per heavy atom. The van der Waals surface area contributed by atoms with Crippen molar-refractivity contribution in [3.05, 3.63) is 34.4 Å². The van der Waals surface area contributed by atoms with Crippen LogP contribution in [0.25, 0.3) is 0 Å². The summed E-state index contributed by atoms with van der Waals surface area (Å²) in [6, 6.07) is 6.29. The molecule has 1 rings (SSSR count). The number of amides is 1. The number of carbonyl (C=O) groups excluding carboxylic acids is 1. The lowest BCUT2D eigenvalue weighted by molar-refractivity contribution is -0.384. The van der Waals surface area contributed by atoms with Gasteiger partial charge in [0, 0.05) is 25.6 Å². The third-order valence-corrected chi connectivity index (χ3v) is 3.58. The highest BCUT2D eigenvalue weighted by Gasteiger charge is 2.14. The number of anilines is 1. The van der Waals surface area contributed by atoms with Gasteiger partial charge in [-0.1, -0.05) is 32.4 Å². The van der Waals surface area contributed by atoms with E-state index in [0.717, 1.165) is 6.42 Å². The quantitative estimate of drug-likeness (QED) is 0.477. The van der Waals surface area contributed by atoms with Gasteiger partial charge in [0.15, 0.2) is 0 Å². The number of benzene rings is 1. The maximum Gasteiger partial charge on any atom is 0.292 e. The van der Waals surface area contributed by atoms with E-state index in [-0.39, 0.29) is 37.0 Å². The standard InChI is InChI=1S/C15H23N3O4/c1-3-11(2)14(19)10-17-15(20)8-9-16-12-6-4-5-7-13(12)18(21)22/h4-7,11,14,16,19H,3,8-10H2,1-2H3,(H,17,20). The monoisotopic (exact) mass is 309 g/mol. The van der Waals surface area contributed by atoms with E-state index in [1.165, 1.54) is 6.07 Å². The second kappa shape index (κ2) is 8.99. The van der Waals surface area contributed by atoms with Crippen molar-refractivity contribution < 1.29 is 14.8 Å². The Morgan fingerprint density at radius 3 is 2.73 bits per heavy atom. The molecule has 0 aliphatic rings. The van der Waals surface area contributed by atoms with Crippen LogP contribution in [0, 0.1) is 16.0 Å². The molecule has 0 bridgehead atoms. The third-order valence-electron chi connectivity index (χ3n) is 3.58. The van der Waals surface area contributed by atoms with Crippen molar-refractivity contribution in [2.75, 3.05) is 18.4 Å². The van der Waals surface area contributed by atoms with E-state index >= 15 is 0 Å². The van der Waals surface area contributed by atoms with Crippen molar-refractivity contribution in [3.63, 3.8) is 0 Å². The van der Waals surface area contributed by atoms with Gasteiger partial charge in [0.1, 0.15) is 5.69 Å². The molecule has 122 valence electrons. The predicted octanol–water partition coefficient (Wildman–Crippen LogP) is 1.92. The molecule has 1 amide bonds. The van der Waals surface area contributed by atoms with Gasteiger partial charge >= 0.3 is 0 Å². The maximum absolute atomic E-state index is 11.7. The smallest absolute Gasteiger partial charge is 0.292 e. The molecule has 3 N–H and O–H groups in total. The summed E-state index contributed by atoms with van der Waals surface area (Å²) in [5, 5.41) is 26.1. The number of hydrogen-bond donors (Lipinski definition) is 3. The number of nitro benzene ring substituents is 1. The molecule has 0 radical (unpaired) electrons. The Hall–Kier alpha value is -2.15. The Labute approximate surface area is 129 Å². The Kier molecular flexibility index (Phi) is 7.31. The number of carbonyl (C=O) groups is 1. The van der Waals surface area contributed by atoms with Crippen molar-refractivity contribution in [1.82, 2.24) is 5.32 Å². The number of nitrogens with zero attached hydrogens (tertiary/aromatic N) is 1. The lowest BCUT2D eigenvalue weighted by atomic mass is 10.0. The van der Waals surface area contributed by atoms with E-state index in [4.69, 9.17) is 0 Å². The molecule has 0 saturated heterocycles. The SMILES string of the molecule is CCC(C)C(O)CNC(=O)CCNc1ccccc1[N+](=O)[O-]. The number of aliphatic hydroxyl groups is 1. The third kappa shape index (κ3) is 5.69. The minimum Gasteiger partial charge on any atom is -0.391 e. The van der Waals surface area contributed by atoms with Crippen molar-refractivity contribution >= 4 is 17.3 Å². The van der Waals surface area contributed by atoms with Gasteiger partial charge in [-0.05, 0) is 12.0 Å². The molecule has 0 saturated carbocycles. The molecule has 0 spiro atoms. The van der Waals surface area contributed by atoms with Gasteiger partial charge in [-0.15, -0.1) is 0 Å². The number of para-hydroxylation sites is 2. The lowest BCUT2D eigenvalue weighted by Gasteiger charge is -2.17. The predicted molar refractivity (Wildman–Crippen MR) is 84.7 cm³/mol. The highest BCUT2D eigenvalue weighted by Crippen LogP contribution is 2.22. The van der Waals surface area contributed by atoms with E-state index in [0.29, 0.717) is 5.69 Å². The van der Waals surface area contributed by atoms with Crippen LogP contribution < -0.4 is 10.6 Å². The highest BCUT2D eigenvalue weighted by molar-refractivity contribution is 5.76. The number of nitro groups is 1. The molecule has 0 heterocycles. The Balaban J connectivity index is 2.35. The van der Waals surface area contributed by atoms with Crippen LogP contribution in [0.3, 0.4) is 0 Å². The minimum atomic E-state index is -0.558.